The number of hydrogen-bond donors (Lipinski definition) is 1. The Morgan fingerprint density at radius 2 is 1.17 bits per heavy atom. The standard InChI is InChI=1S/C27H36N2O/c1-2-3-4-5-6-7-8-9-10-11-12-13-14-15-16-17-18-19-20-21-27(30)29-26-22-24-28-25-23-26/h3-4,6-7,9-10,12-13,15-16,18-19,22-25H,2,5,8,11,14,17,20-21H2,1H3,(H,28,29,30)/b4-3-,7-6-,10-9-,13-12-,16-15-,19-18-. The quantitative estimate of drug-likeness (QED) is 0.308. The van der Waals surface area contributed by atoms with Crippen molar-refractivity contribution in [1.29, 1.82) is 0 Å². The zero-order valence-corrected chi connectivity index (χ0v) is 18.2. The van der Waals surface area contributed by atoms with Crippen molar-refractivity contribution in [2.24, 2.45) is 0 Å². The summed E-state index contributed by atoms with van der Waals surface area (Å²) in [5, 5.41) is 2.86. The average molecular weight is 405 g/mol. The number of amides is 1. The molecule has 1 aromatic rings. The van der Waals surface area contributed by atoms with Crippen molar-refractivity contribution in [2.45, 2.75) is 58.3 Å². The van der Waals surface area contributed by atoms with E-state index in [1.54, 1.807) is 24.5 Å². The van der Waals surface area contributed by atoms with Gasteiger partial charge in [0.25, 0.3) is 0 Å². The van der Waals surface area contributed by atoms with Crippen LogP contribution in [0.1, 0.15) is 58.3 Å². The van der Waals surface area contributed by atoms with Crippen LogP contribution in [-0.2, 0) is 4.79 Å². The normalized spacial score (nSPS) is 12.6. The largest absolute Gasteiger partial charge is 0.326 e. The van der Waals surface area contributed by atoms with Crippen molar-refractivity contribution >= 4 is 11.6 Å². The van der Waals surface area contributed by atoms with E-state index in [0.29, 0.717) is 6.42 Å². The molecule has 0 fully saturated rings. The number of anilines is 1. The molecule has 3 heteroatoms. The molecule has 0 spiro atoms. The van der Waals surface area contributed by atoms with Crippen LogP contribution in [0.15, 0.2) is 97.4 Å². The molecule has 0 aromatic carbocycles. The van der Waals surface area contributed by atoms with Gasteiger partial charge in [0.2, 0.25) is 5.91 Å². The van der Waals surface area contributed by atoms with Gasteiger partial charge in [0.1, 0.15) is 0 Å². The van der Waals surface area contributed by atoms with E-state index in [1.807, 2.05) is 0 Å². The van der Waals surface area contributed by atoms with Gasteiger partial charge >= 0.3 is 0 Å². The van der Waals surface area contributed by atoms with E-state index in [9.17, 15) is 4.79 Å². The average Bonchev–Trinajstić information content (AvgIpc) is 2.76. The molecule has 0 radical (unpaired) electrons. The van der Waals surface area contributed by atoms with Crippen molar-refractivity contribution in [3.05, 3.63) is 97.4 Å². The van der Waals surface area contributed by atoms with E-state index in [-0.39, 0.29) is 5.91 Å². The SMILES string of the molecule is CC/C=C\C/C=C\C/C=C\C/C=C\C/C=C\C/C=C\CCC(=O)Nc1ccncc1. The van der Waals surface area contributed by atoms with Crippen molar-refractivity contribution in [2.75, 3.05) is 5.32 Å². The van der Waals surface area contributed by atoms with Gasteiger partial charge in [-0.1, -0.05) is 79.8 Å². The summed E-state index contributed by atoms with van der Waals surface area (Å²) < 4.78 is 0. The van der Waals surface area contributed by atoms with Gasteiger partial charge in [-0.25, -0.2) is 0 Å². The second-order valence-corrected chi connectivity index (χ2v) is 6.74. The predicted molar refractivity (Wildman–Crippen MR) is 130 cm³/mol. The lowest BCUT2D eigenvalue weighted by Gasteiger charge is -2.02. The van der Waals surface area contributed by atoms with Crippen LogP contribution in [0, 0.1) is 0 Å². The van der Waals surface area contributed by atoms with Crippen LogP contribution in [0.2, 0.25) is 0 Å². The highest BCUT2D eigenvalue weighted by atomic mass is 16.1. The van der Waals surface area contributed by atoms with Crippen molar-refractivity contribution < 1.29 is 4.79 Å². The van der Waals surface area contributed by atoms with E-state index in [4.69, 9.17) is 0 Å². The molecule has 1 rings (SSSR count). The number of carbonyl (C=O) groups is 1. The number of nitrogens with zero attached hydrogens (tertiary/aromatic N) is 1. The van der Waals surface area contributed by atoms with Gasteiger partial charge in [0.05, 0.1) is 0 Å². The van der Waals surface area contributed by atoms with Gasteiger partial charge in [0.15, 0.2) is 0 Å². The minimum atomic E-state index is 0.0285. The summed E-state index contributed by atoms with van der Waals surface area (Å²) in [6.45, 7) is 2.15. The van der Waals surface area contributed by atoms with Crippen LogP contribution in [0.3, 0.4) is 0 Å². The van der Waals surface area contributed by atoms with Crippen LogP contribution >= 0.6 is 0 Å². The molecule has 0 saturated heterocycles. The minimum absolute atomic E-state index is 0.0285. The fraction of sp³-hybridized carbons (Fsp3) is 0.333. The van der Waals surface area contributed by atoms with Gasteiger partial charge in [-0.05, 0) is 57.1 Å². The molecular formula is C27H36N2O. The first-order valence-electron chi connectivity index (χ1n) is 10.9. The van der Waals surface area contributed by atoms with Gasteiger partial charge in [-0.2, -0.15) is 0 Å². The molecule has 3 nitrogen and oxygen atoms in total. The van der Waals surface area contributed by atoms with Crippen molar-refractivity contribution in [1.82, 2.24) is 4.98 Å². The van der Waals surface area contributed by atoms with E-state index in [0.717, 1.165) is 50.6 Å². The molecule has 160 valence electrons. The monoisotopic (exact) mass is 404 g/mol. The summed E-state index contributed by atoms with van der Waals surface area (Å²) in [5.74, 6) is 0.0285. The van der Waals surface area contributed by atoms with Gasteiger partial charge in [-0.3, -0.25) is 9.78 Å². The summed E-state index contributed by atoms with van der Waals surface area (Å²) in [7, 11) is 0. The fourth-order valence-electron chi connectivity index (χ4n) is 2.51. The molecule has 1 N–H and O–H groups in total. The Morgan fingerprint density at radius 1 is 0.733 bits per heavy atom. The highest BCUT2D eigenvalue weighted by Gasteiger charge is 1.99. The Morgan fingerprint density at radius 3 is 1.63 bits per heavy atom. The lowest BCUT2D eigenvalue weighted by Crippen LogP contribution is -2.10. The first kappa shape index (κ1) is 25.1. The number of allylic oxidation sites excluding steroid dienone is 12. The number of rotatable bonds is 15. The molecule has 1 aromatic heterocycles. The van der Waals surface area contributed by atoms with Crippen molar-refractivity contribution in [3.63, 3.8) is 0 Å². The minimum Gasteiger partial charge on any atom is -0.326 e. The Labute approximate surface area is 182 Å². The van der Waals surface area contributed by atoms with E-state index in [1.165, 1.54) is 0 Å². The molecule has 0 aliphatic heterocycles. The number of aromatic nitrogens is 1. The number of nitrogens with one attached hydrogen (secondary N) is 1. The molecule has 0 bridgehead atoms. The number of carbonyl (C=O) groups excluding carboxylic acids is 1. The molecule has 0 aliphatic rings. The zero-order chi connectivity index (χ0) is 21.5. The van der Waals surface area contributed by atoms with Gasteiger partial charge < -0.3 is 5.32 Å². The zero-order valence-electron chi connectivity index (χ0n) is 18.2. The summed E-state index contributed by atoms with van der Waals surface area (Å²) in [4.78, 5) is 15.7. The maximum Gasteiger partial charge on any atom is 0.224 e. The van der Waals surface area contributed by atoms with Gasteiger partial charge in [0, 0.05) is 24.5 Å². The van der Waals surface area contributed by atoms with Crippen LogP contribution in [0.25, 0.3) is 0 Å². The summed E-state index contributed by atoms with van der Waals surface area (Å²) >= 11 is 0. The third kappa shape index (κ3) is 16.1. The van der Waals surface area contributed by atoms with E-state index < -0.39 is 0 Å². The van der Waals surface area contributed by atoms with Crippen molar-refractivity contribution in [3.8, 4) is 0 Å². The molecular weight excluding hydrogens is 368 g/mol. The van der Waals surface area contributed by atoms with Crippen LogP contribution < -0.4 is 5.32 Å². The van der Waals surface area contributed by atoms with E-state index >= 15 is 0 Å². The molecule has 1 amide bonds. The topological polar surface area (TPSA) is 42.0 Å². The smallest absolute Gasteiger partial charge is 0.224 e. The second-order valence-electron chi connectivity index (χ2n) is 6.74. The van der Waals surface area contributed by atoms with Crippen LogP contribution in [-0.4, -0.2) is 10.9 Å². The molecule has 1 heterocycles. The Bertz CT molecular complexity index is 724. The molecule has 0 aliphatic carbocycles. The first-order valence-corrected chi connectivity index (χ1v) is 10.9. The maximum absolute atomic E-state index is 11.8. The summed E-state index contributed by atoms with van der Waals surface area (Å²) in [6.07, 6.45) is 36.7. The Kier molecular flexibility index (Phi) is 16.2. The first-order chi connectivity index (χ1) is 14.8. The summed E-state index contributed by atoms with van der Waals surface area (Å²) in [5.41, 5.74) is 0.790. The fourth-order valence-corrected chi connectivity index (χ4v) is 2.51. The lowest BCUT2D eigenvalue weighted by molar-refractivity contribution is -0.116. The Balaban J connectivity index is 1.98. The second kappa shape index (κ2) is 19.4. The van der Waals surface area contributed by atoms with Crippen LogP contribution in [0.4, 0.5) is 5.69 Å². The number of pyridine rings is 1. The maximum atomic E-state index is 11.8. The highest BCUT2D eigenvalue weighted by molar-refractivity contribution is 5.90. The predicted octanol–water partition coefficient (Wildman–Crippen LogP) is 7.50. The number of hydrogen-bond acceptors (Lipinski definition) is 2. The van der Waals surface area contributed by atoms with Crippen LogP contribution in [0.5, 0.6) is 0 Å². The van der Waals surface area contributed by atoms with E-state index in [2.05, 4.69) is 90.1 Å². The summed E-state index contributed by atoms with van der Waals surface area (Å²) in [6, 6.07) is 3.57. The molecule has 0 unspecified atom stereocenters. The van der Waals surface area contributed by atoms with Gasteiger partial charge in [-0.15, -0.1) is 0 Å². The third-order valence-corrected chi connectivity index (χ3v) is 4.10. The third-order valence-electron chi connectivity index (χ3n) is 4.10. The molecule has 0 saturated carbocycles. The lowest BCUT2D eigenvalue weighted by atomic mass is 10.2. The molecule has 30 heavy (non-hydrogen) atoms. The highest BCUT2D eigenvalue weighted by Crippen LogP contribution is 2.05. The molecule has 0 atom stereocenters. The Hall–Kier alpha value is -2.94.